The zero-order valence-electron chi connectivity index (χ0n) is 31.4. The van der Waals surface area contributed by atoms with E-state index in [2.05, 4.69) is 251 Å². The summed E-state index contributed by atoms with van der Waals surface area (Å²) in [5, 5.41) is 2.50. The molecule has 0 saturated carbocycles. The fourth-order valence-corrected chi connectivity index (χ4v) is 8.04. The van der Waals surface area contributed by atoms with Crippen LogP contribution in [0.25, 0.3) is 49.7 Å². The second kappa shape index (κ2) is 14.9. The summed E-state index contributed by atoms with van der Waals surface area (Å²) in [5.74, 6) is 0. The van der Waals surface area contributed by atoms with Crippen LogP contribution in [0.4, 0.5) is 34.1 Å². The molecule has 270 valence electrons. The number of hydrogen-bond acceptors (Lipinski definition) is 2. The minimum atomic E-state index is 1.08. The van der Waals surface area contributed by atoms with Gasteiger partial charge in [0.2, 0.25) is 0 Å². The van der Waals surface area contributed by atoms with E-state index in [9.17, 15) is 0 Å². The van der Waals surface area contributed by atoms with Gasteiger partial charge in [-0.15, -0.1) is 0 Å². The summed E-state index contributed by atoms with van der Waals surface area (Å²) in [6.45, 7) is 0. The minimum Gasteiger partial charge on any atom is -0.311 e. The van der Waals surface area contributed by atoms with E-state index >= 15 is 0 Å². The molecule has 0 saturated heterocycles. The van der Waals surface area contributed by atoms with E-state index in [1.54, 1.807) is 0 Å². The first-order valence-electron chi connectivity index (χ1n) is 19.4. The maximum Gasteiger partial charge on any atom is 0.0541 e. The monoisotopic (exact) mass is 729 g/mol. The van der Waals surface area contributed by atoms with E-state index in [1.165, 1.54) is 49.7 Å². The standard InChI is InChI=1S/C54H39N3/c1-5-15-40(16-6-1)41-25-30-47(31-26-41)56(50-36-34-49(35-37-50)55(44-17-7-2-8-18-44)45-19-9-3-10-20-45)48-32-27-42(28-33-48)43-29-38-54-52(39-43)51-23-13-14-24-53(51)57(54)46-21-11-4-12-22-46/h1-39H. The van der Waals surface area contributed by atoms with E-state index in [4.69, 9.17) is 0 Å². The Labute approximate surface area is 333 Å². The van der Waals surface area contributed by atoms with Crippen molar-refractivity contribution in [3.63, 3.8) is 0 Å². The lowest BCUT2D eigenvalue weighted by Gasteiger charge is -2.28. The molecule has 57 heavy (non-hydrogen) atoms. The molecule has 0 aliphatic rings. The molecular formula is C54H39N3. The number of aromatic nitrogens is 1. The second-order valence-corrected chi connectivity index (χ2v) is 14.2. The van der Waals surface area contributed by atoms with Crippen LogP contribution in [-0.4, -0.2) is 4.57 Å². The third kappa shape index (κ3) is 6.52. The predicted molar refractivity (Wildman–Crippen MR) is 241 cm³/mol. The second-order valence-electron chi connectivity index (χ2n) is 14.2. The Morgan fingerprint density at radius 1 is 0.246 bits per heavy atom. The van der Waals surface area contributed by atoms with E-state index in [-0.39, 0.29) is 0 Å². The molecule has 0 radical (unpaired) electrons. The van der Waals surface area contributed by atoms with Crippen LogP contribution in [0, 0.1) is 0 Å². The lowest BCUT2D eigenvalue weighted by Crippen LogP contribution is -2.12. The van der Waals surface area contributed by atoms with Crippen LogP contribution in [-0.2, 0) is 0 Å². The average molecular weight is 730 g/mol. The predicted octanol–water partition coefficient (Wildman–Crippen LogP) is 15.1. The van der Waals surface area contributed by atoms with Gasteiger partial charge < -0.3 is 14.4 Å². The fourth-order valence-electron chi connectivity index (χ4n) is 8.04. The van der Waals surface area contributed by atoms with Gasteiger partial charge in [0.15, 0.2) is 0 Å². The Morgan fingerprint density at radius 2 is 0.596 bits per heavy atom. The van der Waals surface area contributed by atoms with Crippen molar-refractivity contribution in [1.82, 2.24) is 4.57 Å². The van der Waals surface area contributed by atoms with Gasteiger partial charge in [-0.3, -0.25) is 0 Å². The van der Waals surface area contributed by atoms with Crippen LogP contribution in [0.15, 0.2) is 237 Å². The molecule has 0 spiro atoms. The number of rotatable bonds is 9. The van der Waals surface area contributed by atoms with Gasteiger partial charge in [0.1, 0.15) is 0 Å². The van der Waals surface area contributed by atoms with Gasteiger partial charge in [0.25, 0.3) is 0 Å². The van der Waals surface area contributed by atoms with Crippen molar-refractivity contribution in [3.05, 3.63) is 237 Å². The molecular weight excluding hydrogens is 691 g/mol. The van der Waals surface area contributed by atoms with Crippen LogP contribution in [0.2, 0.25) is 0 Å². The Hall–Kier alpha value is -7.62. The summed E-state index contributed by atoms with van der Waals surface area (Å²) < 4.78 is 2.36. The summed E-state index contributed by atoms with van der Waals surface area (Å²) in [6.07, 6.45) is 0. The van der Waals surface area contributed by atoms with Gasteiger partial charge in [-0.05, 0) is 125 Å². The van der Waals surface area contributed by atoms with Crippen molar-refractivity contribution in [2.75, 3.05) is 9.80 Å². The molecule has 0 amide bonds. The van der Waals surface area contributed by atoms with Gasteiger partial charge in [0, 0.05) is 50.6 Å². The first-order chi connectivity index (χ1) is 28.3. The first-order valence-corrected chi connectivity index (χ1v) is 19.4. The summed E-state index contributed by atoms with van der Waals surface area (Å²) in [5.41, 5.74) is 14.9. The molecule has 3 nitrogen and oxygen atoms in total. The van der Waals surface area contributed by atoms with Crippen molar-refractivity contribution in [1.29, 1.82) is 0 Å². The number of fused-ring (bicyclic) bond motifs is 3. The zero-order chi connectivity index (χ0) is 38.0. The maximum atomic E-state index is 2.36. The number of nitrogens with zero attached hydrogens (tertiary/aromatic N) is 3. The third-order valence-electron chi connectivity index (χ3n) is 10.8. The molecule has 0 atom stereocenters. The number of para-hydroxylation sites is 4. The van der Waals surface area contributed by atoms with Crippen LogP contribution < -0.4 is 9.80 Å². The number of hydrogen-bond donors (Lipinski definition) is 0. The summed E-state index contributed by atoms with van der Waals surface area (Å²) >= 11 is 0. The van der Waals surface area contributed by atoms with E-state index in [1.807, 2.05) is 0 Å². The molecule has 9 aromatic carbocycles. The highest BCUT2D eigenvalue weighted by molar-refractivity contribution is 6.10. The SMILES string of the molecule is c1ccc(-c2ccc(N(c3ccc(-c4ccc5c(c4)c4ccccc4n5-c4ccccc4)cc3)c3ccc(N(c4ccccc4)c4ccccc4)cc3)cc2)cc1. The average Bonchev–Trinajstić information content (AvgIpc) is 3.63. The molecule has 1 aromatic heterocycles. The molecule has 0 N–H and O–H groups in total. The van der Waals surface area contributed by atoms with Crippen molar-refractivity contribution in [2.24, 2.45) is 0 Å². The lowest BCUT2D eigenvalue weighted by molar-refractivity contribution is 1.18. The summed E-state index contributed by atoms with van der Waals surface area (Å²) in [4.78, 5) is 4.64. The smallest absolute Gasteiger partial charge is 0.0541 e. The Kier molecular flexibility index (Phi) is 8.86. The van der Waals surface area contributed by atoms with Gasteiger partial charge in [-0.2, -0.15) is 0 Å². The minimum absolute atomic E-state index is 1.08. The van der Waals surface area contributed by atoms with Crippen LogP contribution in [0.5, 0.6) is 0 Å². The molecule has 1 heterocycles. The topological polar surface area (TPSA) is 11.4 Å². The fraction of sp³-hybridized carbons (Fsp3) is 0. The molecule has 10 rings (SSSR count). The van der Waals surface area contributed by atoms with Crippen molar-refractivity contribution >= 4 is 55.9 Å². The quantitative estimate of drug-likeness (QED) is 0.147. The molecule has 0 unspecified atom stereocenters. The van der Waals surface area contributed by atoms with Crippen molar-refractivity contribution < 1.29 is 0 Å². The number of anilines is 6. The maximum absolute atomic E-state index is 2.36. The summed E-state index contributed by atoms with van der Waals surface area (Å²) in [7, 11) is 0. The molecule has 10 aromatic rings. The van der Waals surface area contributed by atoms with Gasteiger partial charge in [0.05, 0.1) is 11.0 Å². The van der Waals surface area contributed by atoms with Gasteiger partial charge >= 0.3 is 0 Å². The Morgan fingerprint density at radius 3 is 1.12 bits per heavy atom. The highest BCUT2D eigenvalue weighted by atomic mass is 15.2. The summed E-state index contributed by atoms with van der Waals surface area (Å²) in [6, 6.07) is 84.6. The Balaban J connectivity index is 1.04. The number of benzene rings is 9. The molecule has 0 bridgehead atoms. The lowest BCUT2D eigenvalue weighted by atomic mass is 10.0. The Bertz CT molecular complexity index is 2860. The molecule has 3 heteroatoms. The van der Waals surface area contributed by atoms with E-state index in [0.29, 0.717) is 0 Å². The highest BCUT2D eigenvalue weighted by Crippen LogP contribution is 2.41. The molecule has 0 fully saturated rings. The van der Waals surface area contributed by atoms with Crippen molar-refractivity contribution in [3.8, 4) is 27.9 Å². The normalized spacial score (nSPS) is 11.2. The largest absolute Gasteiger partial charge is 0.311 e. The molecule has 0 aliphatic heterocycles. The van der Waals surface area contributed by atoms with E-state index in [0.717, 1.165) is 34.1 Å². The van der Waals surface area contributed by atoms with Crippen molar-refractivity contribution in [2.45, 2.75) is 0 Å². The highest BCUT2D eigenvalue weighted by Gasteiger charge is 2.17. The first kappa shape index (κ1) is 33.9. The van der Waals surface area contributed by atoms with Gasteiger partial charge in [-0.25, -0.2) is 0 Å². The molecule has 0 aliphatic carbocycles. The van der Waals surface area contributed by atoms with Crippen LogP contribution in [0.3, 0.4) is 0 Å². The van der Waals surface area contributed by atoms with Crippen LogP contribution >= 0.6 is 0 Å². The van der Waals surface area contributed by atoms with Crippen LogP contribution in [0.1, 0.15) is 0 Å². The van der Waals surface area contributed by atoms with E-state index < -0.39 is 0 Å². The van der Waals surface area contributed by atoms with Gasteiger partial charge in [-0.1, -0.05) is 133 Å². The zero-order valence-corrected chi connectivity index (χ0v) is 31.4. The third-order valence-corrected chi connectivity index (χ3v) is 10.8.